The summed E-state index contributed by atoms with van der Waals surface area (Å²) >= 11 is 0. The number of aromatic nitrogens is 2. The molecule has 2 aromatic rings. The summed E-state index contributed by atoms with van der Waals surface area (Å²) in [5, 5.41) is 0. The molecule has 0 saturated heterocycles. The molecule has 0 unspecified atom stereocenters. The molecule has 1 aromatic heterocycles. The minimum Gasteiger partial charge on any atom is -0.490 e. The number of benzene rings is 1. The fourth-order valence-corrected chi connectivity index (χ4v) is 2.60. The lowest BCUT2D eigenvalue weighted by atomic mass is 10.2. The summed E-state index contributed by atoms with van der Waals surface area (Å²) in [6, 6.07) is 9.70. The van der Waals surface area contributed by atoms with Crippen molar-refractivity contribution in [1.29, 1.82) is 0 Å². The van der Waals surface area contributed by atoms with Crippen molar-refractivity contribution < 1.29 is 4.74 Å². The summed E-state index contributed by atoms with van der Waals surface area (Å²) in [5.74, 6) is 2.08. The van der Waals surface area contributed by atoms with Gasteiger partial charge in [0, 0.05) is 17.3 Å². The summed E-state index contributed by atoms with van der Waals surface area (Å²) in [6.07, 6.45) is 5.27. The molecule has 0 aliphatic heterocycles. The van der Waals surface area contributed by atoms with Crippen LogP contribution in [0.2, 0.25) is 0 Å². The molecule has 1 aliphatic carbocycles. The van der Waals surface area contributed by atoms with Gasteiger partial charge in [-0.2, -0.15) is 0 Å². The van der Waals surface area contributed by atoms with E-state index in [1.807, 2.05) is 31.2 Å². The van der Waals surface area contributed by atoms with Gasteiger partial charge >= 0.3 is 0 Å². The van der Waals surface area contributed by atoms with Gasteiger partial charge in [0.05, 0.1) is 6.10 Å². The van der Waals surface area contributed by atoms with Crippen LogP contribution < -0.4 is 10.5 Å². The van der Waals surface area contributed by atoms with Crippen LogP contribution >= 0.6 is 0 Å². The lowest BCUT2D eigenvalue weighted by Crippen LogP contribution is -2.10. The highest BCUT2D eigenvalue weighted by molar-refractivity contribution is 5.58. The molecule has 0 amide bonds. The fraction of sp³-hybridized carbons (Fsp3) is 0.375. The van der Waals surface area contributed by atoms with Crippen LogP contribution in [-0.4, -0.2) is 16.1 Å². The van der Waals surface area contributed by atoms with Crippen LogP contribution in [-0.2, 0) is 0 Å². The van der Waals surface area contributed by atoms with Gasteiger partial charge in [-0.1, -0.05) is 0 Å². The van der Waals surface area contributed by atoms with Crippen molar-refractivity contribution in [2.24, 2.45) is 0 Å². The smallest absolute Gasteiger partial charge is 0.161 e. The Morgan fingerprint density at radius 2 is 1.80 bits per heavy atom. The number of aryl methyl sites for hydroxylation is 1. The molecule has 4 heteroatoms. The van der Waals surface area contributed by atoms with E-state index in [1.165, 1.54) is 25.7 Å². The molecule has 20 heavy (non-hydrogen) atoms. The molecular formula is C16H19N3O. The molecule has 104 valence electrons. The van der Waals surface area contributed by atoms with Crippen molar-refractivity contribution in [2.75, 3.05) is 5.73 Å². The Labute approximate surface area is 119 Å². The number of hydrogen-bond donors (Lipinski definition) is 1. The Hall–Kier alpha value is -2.10. The van der Waals surface area contributed by atoms with Crippen LogP contribution in [0.15, 0.2) is 30.3 Å². The van der Waals surface area contributed by atoms with Gasteiger partial charge in [0.2, 0.25) is 0 Å². The van der Waals surface area contributed by atoms with E-state index in [9.17, 15) is 0 Å². The van der Waals surface area contributed by atoms with Gasteiger partial charge in [-0.05, 0) is 56.9 Å². The zero-order valence-corrected chi connectivity index (χ0v) is 11.7. The SMILES string of the molecule is Cc1cc(N)nc(-c2ccc(OC3CCCC3)cc2)n1. The van der Waals surface area contributed by atoms with Crippen LogP contribution in [0.5, 0.6) is 5.75 Å². The quantitative estimate of drug-likeness (QED) is 0.928. The van der Waals surface area contributed by atoms with Gasteiger partial charge in [-0.25, -0.2) is 9.97 Å². The van der Waals surface area contributed by atoms with Crippen molar-refractivity contribution in [3.8, 4) is 17.1 Å². The van der Waals surface area contributed by atoms with Crippen molar-refractivity contribution >= 4 is 5.82 Å². The standard InChI is InChI=1S/C16H19N3O/c1-11-10-15(17)19-16(18-11)12-6-8-14(9-7-12)20-13-4-2-3-5-13/h6-10,13H,2-5H2,1H3,(H2,17,18,19). The maximum atomic E-state index is 5.95. The molecule has 0 spiro atoms. The van der Waals surface area contributed by atoms with Crippen molar-refractivity contribution in [2.45, 2.75) is 38.7 Å². The van der Waals surface area contributed by atoms with Gasteiger partial charge < -0.3 is 10.5 Å². The van der Waals surface area contributed by atoms with Crippen LogP contribution in [0, 0.1) is 6.92 Å². The summed E-state index contributed by atoms with van der Waals surface area (Å²) in [4.78, 5) is 8.67. The van der Waals surface area contributed by atoms with E-state index in [0.29, 0.717) is 17.7 Å². The number of anilines is 1. The van der Waals surface area contributed by atoms with E-state index in [0.717, 1.165) is 17.0 Å². The first-order chi connectivity index (χ1) is 9.70. The summed E-state index contributed by atoms with van der Waals surface area (Å²) < 4.78 is 5.95. The molecule has 1 heterocycles. The van der Waals surface area contributed by atoms with Gasteiger partial charge in [0.15, 0.2) is 5.82 Å². The molecule has 4 nitrogen and oxygen atoms in total. The van der Waals surface area contributed by atoms with Crippen LogP contribution in [0.3, 0.4) is 0 Å². The second-order valence-corrected chi connectivity index (χ2v) is 5.31. The maximum Gasteiger partial charge on any atom is 0.161 e. The Bertz CT molecular complexity index is 569. The largest absolute Gasteiger partial charge is 0.490 e. The minimum atomic E-state index is 0.381. The lowest BCUT2D eigenvalue weighted by Gasteiger charge is -2.13. The van der Waals surface area contributed by atoms with E-state index < -0.39 is 0 Å². The number of hydrogen-bond acceptors (Lipinski definition) is 4. The van der Waals surface area contributed by atoms with Crippen molar-refractivity contribution in [1.82, 2.24) is 9.97 Å². The number of nitrogens with zero attached hydrogens (tertiary/aromatic N) is 2. The van der Waals surface area contributed by atoms with Crippen LogP contribution in [0.25, 0.3) is 11.4 Å². The van der Waals surface area contributed by atoms with Crippen molar-refractivity contribution in [3.63, 3.8) is 0 Å². The topological polar surface area (TPSA) is 61.0 Å². The van der Waals surface area contributed by atoms with E-state index in [1.54, 1.807) is 6.07 Å². The molecular weight excluding hydrogens is 250 g/mol. The molecule has 0 atom stereocenters. The zero-order chi connectivity index (χ0) is 13.9. The van der Waals surface area contributed by atoms with Crippen LogP contribution in [0.1, 0.15) is 31.4 Å². The van der Waals surface area contributed by atoms with E-state index >= 15 is 0 Å². The molecule has 2 N–H and O–H groups in total. The Morgan fingerprint density at radius 3 is 2.45 bits per heavy atom. The zero-order valence-electron chi connectivity index (χ0n) is 11.7. The van der Waals surface area contributed by atoms with Crippen molar-refractivity contribution in [3.05, 3.63) is 36.0 Å². The third-order valence-corrected chi connectivity index (χ3v) is 3.59. The average Bonchev–Trinajstić information content (AvgIpc) is 2.91. The summed E-state index contributed by atoms with van der Waals surface area (Å²) in [7, 11) is 0. The third-order valence-electron chi connectivity index (χ3n) is 3.59. The second kappa shape index (κ2) is 5.49. The molecule has 3 rings (SSSR count). The Balaban J connectivity index is 1.78. The molecule has 1 aliphatic rings. The first kappa shape index (κ1) is 12.9. The Morgan fingerprint density at radius 1 is 1.10 bits per heavy atom. The summed E-state index contributed by atoms with van der Waals surface area (Å²) in [5.41, 5.74) is 7.59. The van der Waals surface area contributed by atoms with Gasteiger partial charge in [0.25, 0.3) is 0 Å². The van der Waals surface area contributed by atoms with Crippen LogP contribution in [0.4, 0.5) is 5.82 Å². The highest BCUT2D eigenvalue weighted by Crippen LogP contribution is 2.26. The predicted octanol–water partition coefficient (Wildman–Crippen LogP) is 3.36. The first-order valence-electron chi connectivity index (χ1n) is 7.09. The normalized spacial score (nSPS) is 15.4. The Kier molecular flexibility index (Phi) is 3.54. The first-order valence-corrected chi connectivity index (χ1v) is 7.09. The van der Waals surface area contributed by atoms with E-state index in [-0.39, 0.29) is 0 Å². The van der Waals surface area contributed by atoms with Gasteiger partial charge in [0.1, 0.15) is 11.6 Å². The summed E-state index contributed by atoms with van der Waals surface area (Å²) in [6.45, 7) is 1.92. The molecule has 0 bridgehead atoms. The van der Waals surface area contributed by atoms with E-state index in [2.05, 4.69) is 9.97 Å². The molecule has 1 fully saturated rings. The molecule has 1 saturated carbocycles. The van der Waals surface area contributed by atoms with Gasteiger partial charge in [-0.15, -0.1) is 0 Å². The highest BCUT2D eigenvalue weighted by atomic mass is 16.5. The minimum absolute atomic E-state index is 0.381. The van der Waals surface area contributed by atoms with E-state index in [4.69, 9.17) is 10.5 Å². The fourth-order valence-electron chi connectivity index (χ4n) is 2.60. The highest BCUT2D eigenvalue weighted by Gasteiger charge is 2.16. The maximum absolute atomic E-state index is 5.95. The number of rotatable bonds is 3. The molecule has 0 radical (unpaired) electrons. The monoisotopic (exact) mass is 269 g/mol. The predicted molar refractivity (Wildman–Crippen MR) is 79.5 cm³/mol. The number of nitrogens with two attached hydrogens (primary N) is 1. The second-order valence-electron chi connectivity index (χ2n) is 5.31. The number of ether oxygens (including phenoxy) is 1. The average molecular weight is 269 g/mol. The van der Waals surface area contributed by atoms with Gasteiger partial charge in [-0.3, -0.25) is 0 Å². The molecule has 1 aromatic carbocycles. The third kappa shape index (κ3) is 2.90. The lowest BCUT2D eigenvalue weighted by molar-refractivity contribution is 0.210. The number of nitrogen functional groups attached to an aromatic ring is 1.